The van der Waals surface area contributed by atoms with Gasteiger partial charge in [0.1, 0.15) is 5.82 Å². The molecule has 0 bridgehead atoms. The highest BCUT2D eigenvalue weighted by molar-refractivity contribution is 6.01. The van der Waals surface area contributed by atoms with E-state index in [1.54, 1.807) is 0 Å². The Hall–Kier alpha value is -4.70. The lowest BCUT2D eigenvalue weighted by Crippen LogP contribution is -2.16. The van der Waals surface area contributed by atoms with E-state index < -0.39 is 0 Å². The van der Waals surface area contributed by atoms with Gasteiger partial charge in [-0.1, -0.05) is 115 Å². The van der Waals surface area contributed by atoms with Crippen LogP contribution in [0.5, 0.6) is 0 Å². The van der Waals surface area contributed by atoms with Crippen molar-refractivity contribution in [1.29, 1.82) is 0 Å². The number of fused-ring (bicyclic) bond motifs is 1. The monoisotopic (exact) mass is 518 g/mol. The lowest BCUT2D eigenvalue weighted by atomic mass is 9.75. The Kier molecular flexibility index (Phi) is 6.58. The molecule has 1 aliphatic heterocycles. The van der Waals surface area contributed by atoms with Gasteiger partial charge in [-0.05, 0) is 48.0 Å². The van der Waals surface area contributed by atoms with Gasteiger partial charge in [-0.2, -0.15) is 0 Å². The number of hydrogen-bond donors (Lipinski definition) is 0. The zero-order chi connectivity index (χ0) is 26.7. The van der Waals surface area contributed by atoms with Gasteiger partial charge in [-0.25, -0.2) is 15.0 Å². The Labute approximate surface area is 235 Å². The summed E-state index contributed by atoms with van der Waals surface area (Å²) in [4.78, 5) is 19.6. The second kappa shape index (κ2) is 10.8. The van der Waals surface area contributed by atoms with Gasteiger partial charge < -0.3 is 0 Å². The van der Waals surface area contributed by atoms with Crippen LogP contribution in [0.2, 0.25) is 0 Å². The van der Waals surface area contributed by atoms with Crippen molar-refractivity contribution in [1.82, 2.24) is 15.0 Å². The van der Waals surface area contributed by atoms with Crippen molar-refractivity contribution < 1.29 is 0 Å². The number of benzene rings is 2. The summed E-state index contributed by atoms with van der Waals surface area (Å²) in [6, 6.07) is 19.1. The molecule has 4 aliphatic rings. The van der Waals surface area contributed by atoms with Crippen molar-refractivity contribution in [3.8, 4) is 11.4 Å². The van der Waals surface area contributed by atoms with Gasteiger partial charge in [-0.3, -0.25) is 4.99 Å². The predicted molar refractivity (Wildman–Crippen MR) is 164 cm³/mol. The van der Waals surface area contributed by atoms with Crippen molar-refractivity contribution in [2.45, 2.75) is 31.6 Å². The number of aliphatic imine (C=N–C) groups is 1. The van der Waals surface area contributed by atoms with Gasteiger partial charge in [0, 0.05) is 34.9 Å². The standard InChI is InChI=1S/C36H30N4/c1-3-11-27(12-4-1)34-38-35(28-13-5-2-6-14-28)40-36(39-34)32-23-22-29(30-15-7-8-16-31(30)32)25-18-20-26(21-19-25)33-17-9-10-24-37-33/h1-8,10-13,16,18-24,28,30H,9,14-15,17H2. The summed E-state index contributed by atoms with van der Waals surface area (Å²) in [5.41, 5.74) is 8.29. The third-order valence-corrected chi connectivity index (χ3v) is 7.95. The highest BCUT2D eigenvalue weighted by atomic mass is 15.0. The smallest absolute Gasteiger partial charge is 0.164 e. The van der Waals surface area contributed by atoms with Gasteiger partial charge in [0.15, 0.2) is 11.6 Å². The molecule has 3 aromatic rings. The van der Waals surface area contributed by atoms with E-state index in [1.165, 1.54) is 28.0 Å². The summed E-state index contributed by atoms with van der Waals surface area (Å²) in [6.45, 7) is 0. The lowest BCUT2D eigenvalue weighted by Gasteiger charge is -2.29. The molecule has 2 atom stereocenters. The minimum Gasteiger partial charge on any atom is -0.261 e. The summed E-state index contributed by atoms with van der Waals surface area (Å²) in [7, 11) is 0. The summed E-state index contributed by atoms with van der Waals surface area (Å²) in [6.07, 6.45) is 27.6. The maximum atomic E-state index is 5.07. The Morgan fingerprint density at radius 3 is 2.25 bits per heavy atom. The minimum atomic E-state index is 0.142. The maximum Gasteiger partial charge on any atom is 0.164 e. The second-order valence-electron chi connectivity index (χ2n) is 10.5. The lowest BCUT2D eigenvalue weighted by molar-refractivity contribution is 0.752. The van der Waals surface area contributed by atoms with Gasteiger partial charge in [0.2, 0.25) is 0 Å². The average molecular weight is 519 g/mol. The molecule has 2 aromatic carbocycles. The van der Waals surface area contributed by atoms with Gasteiger partial charge in [0.25, 0.3) is 0 Å². The zero-order valence-corrected chi connectivity index (χ0v) is 22.3. The first-order chi connectivity index (χ1) is 19.8. The fraction of sp³-hybridized carbons (Fsp3) is 0.167. The molecule has 0 saturated heterocycles. The van der Waals surface area contributed by atoms with Crippen LogP contribution in [0.1, 0.15) is 54.4 Å². The molecule has 7 rings (SSSR count). The van der Waals surface area contributed by atoms with Crippen LogP contribution in [0, 0.1) is 5.92 Å². The van der Waals surface area contributed by atoms with Crippen molar-refractivity contribution >= 4 is 16.9 Å². The molecule has 40 heavy (non-hydrogen) atoms. The third-order valence-electron chi connectivity index (χ3n) is 7.95. The molecule has 0 saturated carbocycles. The number of allylic oxidation sites excluding steroid dienone is 13. The quantitative estimate of drug-likeness (QED) is 0.342. The third kappa shape index (κ3) is 4.77. The summed E-state index contributed by atoms with van der Waals surface area (Å²) >= 11 is 0. The van der Waals surface area contributed by atoms with Crippen LogP contribution < -0.4 is 0 Å². The zero-order valence-electron chi connectivity index (χ0n) is 22.3. The molecule has 0 spiro atoms. The van der Waals surface area contributed by atoms with E-state index in [0.717, 1.165) is 54.3 Å². The molecular formula is C36H30N4. The summed E-state index contributed by atoms with van der Waals surface area (Å²) in [5, 5.41) is 0. The normalized spacial score (nSPS) is 21.3. The van der Waals surface area contributed by atoms with Crippen LogP contribution in [0.25, 0.3) is 22.5 Å². The minimum absolute atomic E-state index is 0.142. The van der Waals surface area contributed by atoms with E-state index in [2.05, 4.69) is 102 Å². The highest BCUT2D eigenvalue weighted by Gasteiger charge is 2.29. The van der Waals surface area contributed by atoms with Gasteiger partial charge >= 0.3 is 0 Å². The van der Waals surface area contributed by atoms with Crippen LogP contribution in [0.4, 0.5) is 0 Å². The molecule has 0 radical (unpaired) electrons. The molecule has 0 N–H and O–H groups in total. The Bertz CT molecular complexity index is 1680. The fourth-order valence-corrected chi connectivity index (χ4v) is 5.83. The Morgan fingerprint density at radius 1 is 0.625 bits per heavy atom. The molecule has 4 heteroatoms. The number of nitrogens with zero attached hydrogens (tertiary/aromatic N) is 4. The van der Waals surface area contributed by atoms with E-state index in [1.807, 2.05) is 24.4 Å². The first-order valence-corrected chi connectivity index (χ1v) is 14.1. The van der Waals surface area contributed by atoms with Crippen molar-refractivity contribution in [3.05, 3.63) is 150 Å². The van der Waals surface area contributed by atoms with E-state index >= 15 is 0 Å². The molecule has 3 aliphatic carbocycles. The van der Waals surface area contributed by atoms with Crippen LogP contribution in [0.3, 0.4) is 0 Å². The van der Waals surface area contributed by atoms with E-state index in [-0.39, 0.29) is 11.8 Å². The second-order valence-corrected chi connectivity index (χ2v) is 10.5. The fourth-order valence-electron chi connectivity index (χ4n) is 5.83. The van der Waals surface area contributed by atoms with Crippen LogP contribution in [-0.4, -0.2) is 20.7 Å². The first kappa shape index (κ1) is 24.3. The molecule has 2 unspecified atom stereocenters. The molecular weight excluding hydrogens is 488 g/mol. The van der Waals surface area contributed by atoms with Crippen LogP contribution in [-0.2, 0) is 0 Å². The number of rotatable bonds is 5. The van der Waals surface area contributed by atoms with E-state index in [0.29, 0.717) is 0 Å². The van der Waals surface area contributed by atoms with Gasteiger partial charge in [0.05, 0.1) is 0 Å². The van der Waals surface area contributed by atoms with Crippen LogP contribution in [0.15, 0.2) is 132 Å². The SMILES string of the molecule is C1=CCC2C(=C1)C(c1nc(-c3ccccc3)nc(C3C=CC=CC3)n1)=CC=C2c1ccc(C2=NC=CCC2)cc1. The molecule has 4 nitrogen and oxygen atoms in total. The molecule has 0 fully saturated rings. The van der Waals surface area contributed by atoms with E-state index in [4.69, 9.17) is 15.0 Å². The summed E-state index contributed by atoms with van der Waals surface area (Å²) in [5.74, 6) is 2.68. The van der Waals surface area contributed by atoms with Crippen molar-refractivity contribution in [2.75, 3.05) is 0 Å². The molecule has 1 aromatic heterocycles. The highest BCUT2D eigenvalue weighted by Crippen LogP contribution is 2.44. The molecule has 2 heterocycles. The van der Waals surface area contributed by atoms with Crippen molar-refractivity contribution in [3.63, 3.8) is 0 Å². The topological polar surface area (TPSA) is 51.0 Å². The molecule has 194 valence electrons. The number of aromatic nitrogens is 3. The average Bonchev–Trinajstić information content (AvgIpc) is 3.05. The Morgan fingerprint density at radius 2 is 1.45 bits per heavy atom. The maximum absolute atomic E-state index is 5.07. The Balaban J connectivity index is 1.30. The largest absolute Gasteiger partial charge is 0.261 e. The van der Waals surface area contributed by atoms with Crippen molar-refractivity contribution in [2.24, 2.45) is 10.9 Å². The van der Waals surface area contributed by atoms with Gasteiger partial charge in [-0.15, -0.1) is 0 Å². The summed E-state index contributed by atoms with van der Waals surface area (Å²) < 4.78 is 0. The molecule has 0 amide bonds. The first-order valence-electron chi connectivity index (χ1n) is 14.1. The number of hydrogen-bond acceptors (Lipinski definition) is 4. The predicted octanol–water partition coefficient (Wildman–Crippen LogP) is 8.22. The van der Waals surface area contributed by atoms with E-state index in [9.17, 15) is 0 Å². The van der Waals surface area contributed by atoms with Crippen LogP contribution >= 0.6 is 0 Å².